The molecule has 2 N–H and O–H groups in total. The molecule has 0 rings (SSSR count). The minimum atomic E-state index is -0.482. The van der Waals surface area contributed by atoms with Crippen molar-refractivity contribution in [2.24, 2.45) is 0 Å². The Morgan fingerprint density at radius 2 is 2.40 bits per heavy atom. The summed E-state index contributed by atoms with van der Waals surface area (Å²) in [6, 6.07) is -0.237. The van der Waals surface area contributed by atoms with E-state index < -0.39 is 6.09 Å². The van der Waals surface area contributed by atoms with Crippen LogP contribution in [0.4, 0.5) is 4.79 Å². The zero-order chi connectivity index (χ0) is 7.98. The van der Waals surface area contributed by atoms with Gasteiger partial charge in [-0.25, -0.2) is 4.79 Å². The average Bonchev–Trinajstić information content (AvgIpc) is 1.88. The lowest BCUT2D eigenvalue weighted by Crippen LogP contribution is -2.35. The molecular formula is C6H13NO3. The molecule has 0 radical (unpaired) electrons. The van der Waals surface area contributed by atoms with Crippen LogP contribution in [0, 0.1) is 0 Å². The smallest absolute Gasteiger partial charge is 0.407 e. The Bertz CT molecular complexity index is 105. The van der Waals surface area contributed by atoms with Crippen molar-refractivity contribution in [2.75, 3.05) is 13.2 Å². The first-order valence-electron chi connectivity index (χ1n) is 3.24. The van der Waals surface area contributed by atoms with Crippen molar-refractivity contribution in [3.8, 4) is 0 Å². The molecule has 4 nitrogen and oxygen atoms in total. The average molecular weight is 147 g/mol. The van der Waals surface area contributed by atoms with Gasteiger partial charge in [-0.1, -0.05) is 0 Å². The van der Waals surface area contributed by atoms with Crippen LogP contribution in [0.15, 0.2) is 0 Å². The first-order valence-corrected chi connectivity index (χ1v) is 3.24. The van der Waals surface area contributed by atoms with Crippen LogP contribution in [0.1, 0.15) is 13.8 Å². The van der Waals surface area contributed by atoms with E-state index in [1.165, 1.54) is 0 Å². The number of carbonyl (C=O) groups excluding carboxylic acids is 1. The highest BCUT2D eigenvalue weighted by molar-refractivity contribution is 5.67. The molecule has 1 atom stereocenters. The lowest BCUT2D eigenvalue weighted by Gasteiger charge is -2.09. The van der Waals surface area contributed by atoms with E-state index in [1.807, 2.05) is 0 Å². The first kappa shape index (κ1) is 9.23. The number of hydrogen-bond acceptors (Lipinski definition) is 3. The van der Waals surface area contributed by atoms with Crippen molar-refractivity contribution in [3.63, 3.8) is 0 Å². The van der Waals surface area contributed by atoms with Crippen LogP contribution in [0.5, 0.6) is 0 Å². The van der Waals surface area contributed by atoms with Gasteiger partial charge in [0.2, 0.25) is 0 Å². The van der Waals surface area contributed by atoms with Gasteiger partial charge in [0.15, 0.2) is 0 Å². The Kier molecular flexibility index (Phi) is 4.66. The second-order valence-corrected chi connectivity index (χ2v) is 1.95. The lowest BCUT2D eigenvalue weighted by atomic mass is 10.4. The summed E-state index contributed by atoms with van der Waals surface area (Å²) in [6.07, 6.45) is -0.482. The molecule has 0 bridgehead atoms. The molecular weight excluding hydrogens is 134 g/mol. The number of hydrogen-bond donors (Lipinski definition) is 2. The zero-order valence-electron chi connectivity index (χ0n) is 6.26. The minimum absolute atomic E-state index is 0.0706. The second kappa shape index (κ2) is 5.05. The summed E-state index contributed by atoms with van der Waals surface area (Å²) < 4.78 is 4.55. The number of amides is 1. The van der Waals surface area contributed by atoms with E-state index in [2.05, 4.69) is 10.1 Å². The maximum atomic E-state index is 10.6. The SMILES string of the molecule is CCOC(=O)N[C@@H](C)CO. The highest BCUT2D eigenvalue weighted by atomic mass is 16.5. The molecule has 10 heavy (non-hydrogen) atoms. The fourth-order valence-electron chi connectivity index (χ4n) is 0.420. The Hall–Kier alpha value is -0.770. The Labute approximate surface area is 60.2 Å². The van der Waals surface area contributed by atoms with E-state index in [4.69, 9.17) is 5.11 Å². The molecule has 0 fully saturated rings. The summed E-state index contributed by atoms with van der Waals surface area (Å²) in [6.45, 7) is 3.70. The standard InChI is InChI=1S/C6H13NO3/c1-3-10-6(9)7-5(2)4-8/h5,8H,3-4H2,1-2H3,(H,7,9)/t5-/m0/s1. The highest BCUT2D eigenvalue weighted by Crippen LogP contribution is 1.81. The highest BCUT2D eigenvalue weighted by Gasteiger charge is 2.04. The van der Waals surface area contributed by atoms with Gasteiger partial charge in [0.1, 0.15) is 0 Å². The van der Waals surface area contributed by atoms with Crippen molar-refractivity contribution in [1.82, 2.24) is 5.32 Å². The largest absolute Gasteiger partial charge is 0.450 e. The lowest BCUT2D eigenvalue weighted by molar-refractivity contribution is 0.142. The van der Waals surface area contributed by atoms with Gasteiger partial charge in [0, 0.05) is 0 Å². The number of nitrogens with one attached hydrogen (secondary N) is 1. The van der Waals surface area contributed by atoms with E-state index >= 15 is 0 Å². The zero-order valence-corrected chi connectivity index (χ0v) is 6.26. The fraction of sp³-hybridized carbons (Fsp3) is 0.833. The summed E-state index contributed by atoms with van der Waals surface area (Å²) in [5.74, 6) is 0. The molecule has 0 spiro atoms. The third-order valence-electron chi connectivity index (χ3n) is 0.914. The molecule has 0 unspecified atom stereocenters. The number of alkyl carbamates (subject to hydrolysis) is 1. The summed E-state index contributed by atoms with van der Waals surface area (Å²) in [5, 5.41) is 10.9. The topological polar surface area (TPSA) is 58.6 Å². The predicted molar refractivity (Wildman–Crippen MR) is 36.7 cm³/mol. The third-order valence-corrected chi connectivity index (χ3v) is 0.914. The fourth-order valence-corrected chi connectivity index (χ4v) is 0.420. The molecule has 0 aliphatic heterocycles. The van der Waals surface area contributed by atoms with Crippen LogP contribution in [0.2, 0.25) is 0 Å². The van der Waals surface area contributed by atoms with Crippen LogP contribution in [-0.4, -0.2) is 30.5 Å². The molecule has 4 heteroatoms. The summed E-state index contributed by atoms with van der Waals surface area (Å²) in [7, 11) is 0. The first-order chi connectivity index (χ1) is 4.70. The quantitative estimate of drug-likeness (QED) is 0.595. The normalized spacial score (nSPS) is 12.3. The van der Waals surface area contributed by atoms with E-state index in [-0.39, 0.29) is 12.6 Å². The van der Waals surface area contributed by atoms with Gasteiger partial charge in [-0.2, -0.15) is 0 Å². The molecule has 0 heterocycles. The van der Waals surface area contributed by atoms with Crippen molar-refractivity contribution in [2.45, 2.75) is 19.9 Å². The van der Waals surface area contributed by atoms with E-state index in [9.17, 15) is 4.79 Å². The van der Waals surface area contributed by atoms with Gasteiger partial charge in [-0.3, -0.25) is 0 Å². The maximum Gasteiger partial charge on any atom is 0.407 e. The number of rotatable bonds is 3. The maximum absolute atomic E-state index is 10.6. The molecule has 0 aliphatic carbocycles. The van der Waals surface area contributed by atoms with Crippen molar-refractivity contribution in [3.05, 3.63) is 0 Å². The van der Waals surface area contributed by atoms with Crippen LogP contribution in [0.3, 0.4) is 0 Å². The summed E-state index contributed by atoms with van der Waals surface area (Å²) in [5.41, 5.74) is 0. The van der Waals surface area contributed by atoms with Gasteiger partial charge in [-0.15, -0.1) is 0 Å². The van der Waals surface area contributed by atoms with Gasteiger partial charge in [-0.05, 0) is 13.8 Å². The summed E-state index contributed by atoms with van der Waals surface area (Å²) >= 11 is 0. The number of aliphatic hydroxyl groups excluding tert-OH is 1. The van der Waals surface area contributed by atoms with Crippen LogP contribution >= 0.6 is 0 Å². The van der Waals surface area contributed by atoms with Crippen LogP contribution < -0.4 is 5.32 Å². The van der Waals surface area contributed by atoms with Crippen molar-refractivity contribution < 1.29 is 14.6 Å². The summed E-state index contributed by atoms with van der Waals surface area (Å²) in [4.78, 5) is 10.6. The molecule has 0 aromatic heterocycles. The van der Waals surface area contributed by atoms with E-state index in [1.54, 1.807) is 13.8 Å². The van der Waals surface area contributed by atoms with Gasteiger partial charge in [0.05, 0.1) is 19.3 Å². The van der Waals surface area contributed by atoms with Crippen molar-refractivity contribution in [1.29, 1.82) is 0 Å². The third kappa shape index (κ3) is 4.14. The number of aliphatic hydroxyl groups is 1. The molecule has 0 aliphatic rings. The Morgan fingerprint density at radius 3 is 2.80 bits per heavy atom. The number of ether oxygens (including phenoxy) is 1. The van der Waals surface area contributed by atoms with E-state index in [0.29, 0.717) is 6.61 Å². The molecule has 1 amide bonds. The predicted octanol–water partition coefficient (Wildman–Crippen LogP) is 0.113. The van der Waals surface area contributed by atoms with Gasteiger partial charge in [0.25, 0.3) is 0 Å². The second-order valence-electron chi connectivity index (χ2n) is 1.95. The Balaban J connectivity index is 3.37. The van der Waals surface area contributed by atoms with Crippen molar-refractivity contribution >= 4 is 6.09 Å². The number of carbonyl (C=O) groups is 1. The molecule has 0 aromatic rings. The Morgan fingerprint density at radius 1 is 1.80 bits per heavy atom. The molecule has 0 saturated carbocycles. The molecule has 0 saturated heterocycles. The van der Waals surface area contributed by atoms with E-state index in [0.717, 1.165) is 0 Å². The van der Waals surface area contributed by atoms with Crippen LogP contribution in [-0.2, 0) is 4.74 Å². The minimum Gasteiger partial charge on any atom is -0.450 e. The molecule has 60 valence electrons. The van der Waals surface area contributed by atoms with Gasteiger partial charge < -0.3 is 15.2 Å². The molecule has 0 aromatic carbocycles. The van der Waals surface area contributed by atoms with Gasteiger partial charge >= 0.3 is 6.09 Å². The van der Waals surface area contributed by atoms with Crippen LogP contribution in [0.25, 0.3) is 0 Å². The monoisotopic (exact) mass is 147 g/mol.